The van der Waals surface area contributed by atoms with Crippen LogP contribution in [0.25, 0.3) is 0 Å². The number of nitrogens with zero attached hydrogens (tertiary/aromatic N) is 3. The Morgan fingerprint density at radius 1 is 1.24 bits per heavy atom. The lowest BCUT2D eigenvalue weighted by molar-refractivity contribution is -0.145. The standard InChI is InChI=1S/C16H17ClN4O4/c1-19-14(23)15(24)21(16(19)25)9-13(22)20-7-6-18-8-12(20)10-4-2-3-5-11(10)17/h2-5,12,18H,6-9H2,1H3. The summed E-state index contributed by atoms with van der Waals surface area (Å²) in [6, 6.07) is 6.12. The van der Waals surface area contributed by atoms with Crippen molar-refractivity contribution in [3.8, 4) is 0 Å². The molecule has 0 spiro atoms. The Morgan fingerprint density at radius 3 is 2.60 bits per heavy atom. The lowest BCUT2D eigenvalue weighted by atomic mass is 10.0. The lowest BCUT2D eigenvalue weighted by Gasteiger charge is -2.37. The molecule has 1 N–H and O–H groups in total. The summed E-state index contributed by atoms with van der Waals surface area (Å²) in [5.41, 5.74) is 0.789. The highest BCUT2D eigenvalue weighted by atomic mass is 35.5. The van der Waals surface area contributed by atoms with E-state index in [1.807, 2.05) is 12.1 Å². The van der Waals surface area contributed by atoms with Gasteiger partial charge < -0.3 is 10.2 Å². The number of benzene rings is 1. The molecule has 2 saturated heterocycles. The first-order valence-corrected chi connectivity index (χ1v) is 8.17. The van der Waals surface area contributed by atoms with Gasteiger partial charge in [-0.25, -0.2) is 9.69 Å². The van der Waals surface area contributed by atoms with E-state index in [2.05, 4.69) is 5.32 Å². The number of imide groups is 2. The predicted molar refractivity (Wildman–Crippen MR) is 88.7 cm³/mol. The zero-order valence-corrected chi connectivity index (χ0v) is 14.3. The van der Waals surface area contributed by atoms with E-state index in [-0.39, 0.29) is 6.04 Å². The highest BCUT2D eigenvalue weighted by Crippen LogP contribution is 2.28. The number of rotatable bonds is 3. The Bertz CT molecular complexity index is 753. The zero-order chi connectivity index (χ0) is 18.1. The van der Waals surface area contributed by atoms with Crippen molar-refractivity contribution in [3.63, 3.8) is 0 Å². The molecule has 9 heteroatoms. The Balaban J connectivity index is 1.80. The van der Waals surface area contributed by atoms with Crippen LogP contribution in [0, 0.1) is 0 Å². The van der Waals surface area contributed by atoms with Gasteiger partial charge in [-0.3, -0.25) is 19.3 Å². The summed E-state index contributed by atoms with van der Waals surface area (Å²) in [7, 11) is 1.21. The van der Waals surface area contributed by atoms with Gasteiger partial charge in [0.25, 0.3) is 0 Å². The number of piperazine rings is 1. The third-order valence-electron chi connectivity index (χ3n) is 4.37. The van der Waals surface area contributed by atoms with Gasteiger partial charge in [0.15, 0.2) is 0 Å². The van der Waals surface area contributed by atoms with Crippen molar-refractivity contribution in [2.45, 2.75) is 6.04 Å². The molecule has 3 rings (SSSR count). The average Bonchev–Trinajstić information content (AvgIpc) is 2.80. The third-order valence-corrected chi connectivity index (χ3v) is 4.72. The largest absolute Gasteiger partial charge is 0.334 e. The second-order valence-electron chi connectivity index (χ2n) is 5.87. The number of urea groups is 1. The van der Waals surface area contributed by atoms with Crippen LogP contribution in [0.5, 0.6) is 0 Å². The molecule has 2 heterocycles. The maximum atomic E-state index is 12.7. The van der Waals surface area contributed by atoms with Crippen molar-refractivity contribution >= 4 is 35.4 Å². The molecule has 0 saturated carbocycles. The number of hydrogen-bond donors (Lipinski definition) is 1. The molecule has 25 heavy (non-hydrogen) atoms. The van der Waals surface area contributed by atoms with E-state index in [0.717, 1.165) is 5.56 Å². The minimum atomic E-state index is -0.981. The maximum absolute atomic E-state index is 12.7. The maximum Gasteiger partial charge on any atom is 0.334 e. The molecule has 0 radical (unpaired) electrons. The molecule has 1 atom stereocenters. The van der Waals surface area contributed by atoms with Gasteiger partial charge in [-0.15, -0.1) is 0 Å². The summed E-state index contributed by atoms with van der Waals surface area (Å²) in [5.74, 6) is -2.32. The fourth-order valence-corrected chi connectivity index (χ4v) is 3.27. The molecule has 5 amide bonds. The van der Waals surface area contributed by atoms with Gasteiger partial charge in [0.1, 0.15) is 6.54 Å². The number of halogens is 1. The molecule has 8 nitrogen and oxygen atoms in total. The topological polar surface area (TPSA) is 90.0 Å². The van der Waals surface area contributed by atoms with Crippen LogP contribution >= 0.6 is 11.6 Å². The molecular formula is C16H17ClN4O4. The minimum Gasteiger partial charge on any atom is -0.331 e. The molecule has 132 valence electrons. The highest BCUT2D eigenvalue weighted by Gasteiger charge is 2.44. The first-order chi connectivity index (χ1) is 11.9. The average molecular weight is 365 g/mol. The van der Waals surface area contributed by atoms with Gasteiger partial charge in [0.2, 0.25) is 5.91 Å². The quantitative estimate of drug-likeness (QED) is 0.612. The summed E-state index contributed by atoms with van der Waals surface area (Å²) in [6.45, 7) is 1.05. The molecule has 2 aliphatic heterocycles. The SMILES string of the molecule is CN1C(=O)C(=O)N(CC(=O)N2CCNCC2c2ccccc2Cl)C1=O. The van der Waals surface area contributed by atoms with Gasteiger partial charge in [-0.2, -0.15) is 0 Å². The van der Waals surface area contributed by atoms with E-state index in [9.17, 15) is 19.2 Å². The van der Waals surface area contributed by atoms with Crippen LogP contribution in [0.15, 0.2) is 24.3 Å². The lowest BCUT2D eigenvalue weighted by Crippen LogP contribution is -2.52. The van der Waals surface area contributed by atoms with Crippen LogP contribution in [-0.4, -0.2) is 71.7 Å². The Labute approximate surface area is 149 Å². The Kier molecular flexibility index (Phi) is 4.73. The summed E-state index contributed by atoms with van der Waals surface area (Å²) in [5, 5.41) is 3.75. The highest BCUT2D eigenvalue weighted by molar-refractivity contribution is 6.44. The van der Waals surface area contributed by atoms with Crippen LogP contribution in [0.3, 0.4) is 0 Å². The van der Waals surface area contributed by atoms with Crippen LogP contribution < -0.4 is 5.32 Å². The summed E-state index contributed by atoms with van der Waals surface area (Å²) in [6.07, 6.45) is 0. The predicted octanol–water partition coefficient (Wildman–Crippen LogP) is 0.234. The molecule has 2 fully saturated rings. The van der Waals surface area contributed by atoms with Crippen molar-refractivity contribution in [1.82, 2.24) is 20.0 Å². The van der Waals surface area contributed by atoms with Gasteiger partial charge in [0.05, 0.1) is 6.04 Å². The van der Waals surface area contributed by atoms with E-state index >= 15 is 0 Å². The van der Waals surface area contributed by atoms with E-state index < -0.39 is 30.3 Å². The zero-order valence-electron chi connectivity index (χ0n) is 13.6. The molecule has 1 aromatic rings. The van der Waals surface area contributed by atoms with Crippen molar-refractivity contribution in [3.05, 3.63) is 34.9 Å². The van der Waals surface area contributed by atoms with Gasteiger partial charge in [-0.1, -0.05) is 29.8 Å². The molecule has 2 aliphatic rings. The second kappa shape index (κ2) is 6.81. The molecule has 1 unspecified atom stereocenters. The first kappa shape index (κ1) is 17.4. The molecule has 0 bridgehead atoms. The summed E-state index contributed by atoms with van der Waals surface area (Å²) < 4.78 is 0. The van der Waals surface area contributed by atoms with E-state index in [1.165, 1.54) is 7.05 Å². The number of nitrogens with one attached hydrogen (secondary N) is 1. The monoisotopic (exact) mass is 364 g/mol. The fraction of sp³-hybridized carbons (Fsp3) is 0.375. The smallest absolute Gasteiger partial charge is 0.331 e. The number of carbonyl (C=O) groups is 4. The van der Waals surface area contributed by atoms with Gasteiger partial charge in [-0.05, 0) is 11.6 Å². The van der Waals surface area contributed by atoms with Crippen molar-refractivity contribution in [2.24, 2.45) is 0 Å². The van der Waals surface area contributed by atoms with E-state index in [0.29, 0.717) is 34.5 Å². The summed E-state index contributed by atoms with van der Waals surface area (Å²) in [4.78, 5) is 51.1. The minimum absolute atomic E-state index is 0.309. The van der Waals surface area contributed by atoms with E-state index in [4.69, 9.17) is 11.6 Å². The van der Waals surface area contributed by atoms with Crippen LogP contribution in [0.4, 0.5) is 4.79 Å². The summed E-state index contributed by atoms with van der Waals surface area (Å²) >= 11 is 6.25. The van der Waals surface area contributed by atoms with E-state index in [1.54, 1.807) is 17.0 Å². The Hall–Kier alpha value is -2.45. The molecule has 1 aromatic carbocycles. The van der Waals surface area contributed by atoms with Gasteiger partial charge >= 0.3 is 17.8 Å². The fourth-order valence-electron chi connectivity index (χ4n) is 3.01. The van der Waals surface area contributed by atoms with Crippen LogP contribution in [-0.2, 0) is 14.4 Å². The third kappa shape index (κ3) is 3.10. The number of hydrogen-bond acceptors (Lipinski definition) is 5. The number of amides is 5. The number of likely N-dealkylation sites (N-methyl/N-ethyl adjacent to an activating group) is 1. The molecule has 0 aromatic heterocycles. The van der Waals surface area contributed by atoms with Crippen LogP contribution in [0.1, 0.15) is 11.6 Å². The number of carbonyl (C=O) groups excluding carboxylic acids is 4. The Morgan fingerprint density at radius 2 is 1.96 bits per heavy atom. The van der Waals surface area contributed by atoms with Crippen molar-refractivity contribution in [2.75, 3.05) is 33.2 Å². The van der Waals surface area contributed by atoms with Crippen molar-refractivity contribution in [1.29, 1.82) is 0 Å². The van der Waals surface area contributed by atoms with Gasteiger partial charge in [0, 0.05) is 31.7 Å². The normalized spacial score (nSPS) is 21.3. The second-order valence-corrected chi connectivity index (χ2v) is 6.27. The first-order valence-electron chi connectivity index (χ1n) is 7.80. The molecular weight excluding hydrogens is 348 g/mol. The molecule has 0 aliphatic carbocycles. The van der Waals surface area contributed by atoms with Crippen LogP contribution in [0.2, 0.25) is 5.02 Å². The van der Waals surface area contributed by atoms with Crippen molar-refractivity contribution < 1.29 is 19.2 Å².